The van der Waals surface area contributed by atoms with Gasteiger partial charge in [-0.1, -0.05) is 17.3 Å². The molecule has 0 spiro atoms. The molecule has 0 radical (unpaired) electrons. The highest BCUT2D eigenvalue weighted by Crippen LogP contribution is 2.13. The number of nitrogens with two attached hydrogens (primary N) is 1. The highest BCUT2D eigenvalue weighted by molar-refractivity contribution is 5.83. The van der Waals surface area contributed by atoms with Gasteiger partial charge in [0.2, 0.25) is 0 Å². The van der Waals surface area contributed by atoms with Crippen molar-refractivity contribution < 1.29 is 29.4 Å². The number of carbonyl (C=O) groups is 2. The van der Waals surface area contributed by atoms with E-state index in [1.165, 1.54) is 0 Å². The van der Waals surface area contributed by atoms with Crippen LogP contribution in [0.3, 0.4) is 0 Å². The maximum Gasteiger partial charge on any atom is 0.532 e. The number of carboxylic acids is 1. The second kappa shape index (κ2) is 7.85. The van der Waals surface area contributed by atoms with Crippen LogP contribution in [0.15, 0.2) is 29.4 Å². The van der Waals surface area contributed by atoms with E-state index in [1.807, 2.05) is 0 Å². The number of ether oxygens (including phenoxy) is 1. The molecule has 1 aromatic rings. The first-order chi connectivity index (χ1) is 9.88. The maximum absolute atomic E-state index is 10.6. The molecule has 0 aliphatic rings. The zero-order valence-corrected chi connectivity index (χ0v) is 11.4. The molecule has 1 atom stereocenters. The number of benzene rings is 1. The second-order valence-electron chi connectivity index (χ2n) is 4.27. The highest BCUT2D eigenvalue weighted by atomic mass is 16.7. The topological polar surface area (TPSA) is 131 Å². The zero-order chi connectivity index (χ0) is 15.8. The van der Waals surface area contributed by atoms with Crippen molar-refractivity contribution in [2.75, 3.05) is 6.61 Å². The summed E-state index contributed by atoms with van der Waals surface area (Å²) in [7, 11) is 0. The molecule has 1 aromatic carbocycles. The van der Waals surface area contributed by atoms with Gasteiger partial charge in [0.25, 0.3) is 0 Å². The summed E-state index contributed by atoms with van der Waals surface area (Å²) in [6.07, 6.45) is -1.27. The molecule has 0 saturated heterocycles. The minimum absolute atomic E-state index is 0.0707. The fourth-order valence-corrected chi connectivity index (χ4v) is 1.39. The number of rotatable bonds is 7. The molecule has 1 rings (SSSR count). The summed E-state index contributed by atoms with van der Waals surface area (Å²) in [6.45, 7) is 1.63. The molecule has 0 aromatic heterocycles. The van der Waals surface area contributed by atoms with Gasteiger partial charge >= 0.3 is 12.1 Å². The minimum atomic E-state index is -1.49. The highest BCUT2D eigenvalue weighted by Gasteiger charge is 2.11. The lowest BCUT2D eigenvalue weighted by molar-refractivity contribution is -0.138. The van der Waals surface area contributed by atoms with E-state index in [9.17, 15) is 9.59 Å². The first-order valence-corrected chi connectivity index (χ1v) is 6.02. The Labute approximate surface area is 120 Å². The Morgan fingerprint density at radius 1 is 1.29 bits per heavy atom. The molecule has 8 heteroatoms. The largest absolute Gasteiger partial charge is 0.532 e. The van der Waals surface area contributed by atoms with Crippen LogP contribution in [0.2, 0.25) is 0 Å². The first-order valence-electron chi connectivity index (χ1n) is 6.02. The molecule has 1 unspecified atom stereocenters. The van der Waals surface area contributed by atoms with Crippen LogP contribution in [0.4, 0.5) is 4.79 Å². The molecule has 0 saturated carbocycles. The van der Waals surface area contributed by atoms with Crippen LogP contribution in [0.25, 0.3) is 0 Å². The third kappa shape index (κ3) is 6.39. The van der Waals surface area contributed by atoms with Crippen LogP contribution in [0.5, 0.6) is 5.75 Å². The molecule has 0 aliphatic carbocycles. The van der Waals surface area contributed by atoms with E-state index in [2.05, 4.69) is 9.99 Å². The number of carboxylic acid groups (broad SMARTS) is 2. The SMILES string of the molecule is CC(COc1ccc(CC(N)C(=O)O)cc1)=NOC(=O)O. The molecule has 8 nitrogen and oxygen atoms in total. The van der Waals surface area contributed by atoms with Gasteiger partial charge in [-0.2, -0.15) is 0 Å². The quantitative estimate of drug-likeness (QED) is 0.390. The van der Waals surface area contributed by atoms with Crippen molar-refractivity contribution in [3.63, 3.8) is 0 Å². The molecule has 21 heavy (non-hydrogen) atoms. The van der Waals surface area contributed by atoms with Crippen molar-refractivity contribution in [1.82, 2.24) is 0 Å². The van der Waals surface area contributed by atoms with Crippen molar-refractivity contribution in [3.05, 3.63) is 29.8 Å². The summed E-state index contributed by atoms with van der Waals surface area (Å²) in [5.74, 6) is -0.520. The molecule has 0 bridgehead atoms. The van der Waals surface area contributed by atoms with E-state index in [0.717, 1.165) is 5.56 Å². The number of hydrogen-bond donors (Lipinski definition) is 3. The normalized spacial score (nSPS) is 12.6. The maximum atomic E-state index is 10.6. The lowest BCUT2D eigenvalue weighted by Gasteiger charge is -2.08. The van der Waals surface area contributed by atoms with Gasteiger partial charge in [-0.15, -0.1) is 0 Å². The van der Waals surface area contributed by atoms with Crippen molar-refractivity contribution in [2.24, 2.45) is 10.9 Å². The van der Waals surface area contributed by atoms with Gasteiger partial charge in [-0.3, -0.25) is 9.63 Å². The van der Waals surface area contributed by atoms with Gasteiger partial charge in [0.05, 0.1) is 5.71 Å². The summed E-state index contributed by atoms with van der Waals surface area (Å²) in [5, 5.41) is 20.3. The molecule has 4 N–H and O–H groups in total. The average Bonchev–Trinajstić information content (AvgIpc) is 2.44. The smallest absolute Gasteiger partial charge is 0.488 e. The molecule has 0 fully saturated rings. The van der Waals surface area contributed by atoms with E-state index >= 15 is 0 Å². The van der Waals surface area contributed by atoms with Gasteiger partial charge in [0.15, 0.2) is 0 Å². The number of nitrogens with zero attached hydrogens (tertiary/aromatic N) is 1. The third-order valence-electron chi connectivity index (χ3n) is 2.42. The lowest BCUT2D eigenvalue weighted by Crippen LogP contribution is -2.32. The summed E-state index contributed by atoms with van der Waals surface area (Å²) < 4.78 is 5.36. The predicted molar refractivity (Wildman–Crippen MR) is 73.5 cm³/mol. The van der Waals surface area contributed by atoms with Gasteiger partial charge in [-0.05, 0) is 31.0 Å². The zero-order valence-electron chi connectivity index (χ0n) is 11.4. The van der Waals surface area contributed by atoms with Crippen LogP contribution < -0.4 is 10.5 Å². The summed E-state index contributed by atoms with van der Waals surface area (Å²) in [6, 6.07) is 5.79. The molecular formula is C13H16N2O6. The Morgan fingerprint density at radius 2 is 1.90 bits per heavy atom. The van der Waals surface area contributed by atoms with Gasteiger partial charge in [-0.25, -0.2) is 4.79 Å². The van der Waals surface area contributed by atoms with Crippen molar-refractivity contribution >= 4 is 17.8 Å². The van der Waals surface area contributed by atoms with Crippen LogP contribution in [-0.4, -0.2) is 40.7 Å². The van der Waals surface area contributed by atoms with Crippen molar-refractivity contribution in [1.29, 1.82) is 0 Å². The number of oxime groups is 1. The molecule has 0 heterocycles. The first kappa shape index (κ1) is 16.4. The van der Waals surface area contributed by atoms with Crippen LogP contribution >= 0.6 is 0 Å². The van der Waals surface area contributed by atoms with Gasteiger partial charge in [0.1, 0.15) is 18.4 Å². The van der Waals surface area contributed by atoms with Crippen LogP contribution in [0, 0.1) is 0 Å². The lowest BCUT2D eigenvalue weighted by atomic mass is 10.1. The number of aliphatic carboxylic acids is 1. The van der Waals surface area contributed by atoms with E-state index in [-0.39, 0.29) is 13.0 Å². The Kier molecular flexibility index (Phi) is 6.15. The van der Waals surface area contributed by atoms with E-state index in [1.54, 1.807) is 31.2 Å². The molecule has 114 valence electrons. The summed E-state index contributed by atoms with van der Waals surface area (Å²) in [5.41, 5.74) is 6.57. The van der Waals surface area contributed by atoms with Crippen LogP contribution in [-0.2, 0) is 16.1 Å². The Bertz CT molecular complexity index is 526. The average molecular weight is 296 g/mol. The molecule has 0 aliphatic heterocycles. The second-order valence-corrected chi connectivity index (χ2v) is 4.27. The Morgan fingerprint density at radius 3 is 2.43 bits per heavy atom. The van der Waals surface area contributed by atoms with Crippen LogP contribution in [0.1, 0.15) is 12.5 Å². The molecular weight excluding hydrogens is 280 g/mol. The van der Waals surface area contributed by atoms with Gasteiger partial charge < -0.3 is 20.7 Å². The molecule has 0 amide bonds. The Balaban J connectivity index is 2.49. The Hall–Kier alpha value is -2.61. The fourth-order valence-electron chi connectivity index (χ4n) is 1.39. The summed E-state index contributed by atoms with van der Waals surface area (Å²) in [4.78, 5) is 24.8. The van der Waals surface area contributed by atoms with E-state index in [0.29, 0.717) is 11.5 Å². The van der Waals surface area contributed by atoms with Gasteiger partial charge in [0, 0.05) is 0 Å². The van der Waals surface area contributed by atoms with Crippen molar-refractivity contribution in [2.45, 2.75) is 19.4 Å². The predicted octanol–water partition coefficient (Wildman–Crippen LogP) is 1.09. The summed E-state index contributed by atoms with van der Waals surface area (Å²) >= 11 is 0. The monoisotopic (exact) mass is 296 g/mol. The van der Waals surface area contributed by atoms with E-state index < -0.39 is 18.2 Å². The van der Waals surface area contributed by atoms with Crippen molar-refractivity contribution in [3.8, 4) is 5.75 Å². The third-order valence-corrected chi connectivity index (χ3v) is 2.42. The fraction of sp³-hybridized carbons (Fsp3) is 0.308. The minimum Gasteiger partial charge on any atom is -0.488 e. The standard InChI is InChI=1S/C13H16N2O6/c1-8(15-21-13(18)19)7-20-10-4-2-9(3-5-10)6-11(14)12(16)17/h2-5,11H,6-7,14H2,1H3,(H,16,17)(H,18,19). The van der Waals surface area contributed by atoms with E-state index in [4.69, 9.17) is 20.7 Å². The number of hydrogen-bond acceptors (Lipinski definition) is 6.